The predicted octanol–water partition coefficient (Wildman–Crippen LogP) is 0.277. The van der Waals surface area contributed by atoms with Crippen molar-refractivity contribution >= 4 is 17.3 Å². The molecule has 7 heteroatoms. The van der Waals surface area contributed by atoms with Crippen LogP contribution >= 0.6 is 0 Å². The van der Waals surface area contributed by atoms with Crippen molar-refractivity contribution in [2.45, 2.75) is 12.8 Å². The molecule has 3 rings (SSSR count). The van der Waals surface area contributed by atoms with Gasteiger partial charge in [-0.2, -0.15) is 0 Å². The molecule has 0 bridgehead atoms. The predicted molar refractivity (Wildman–Crippen MR) is 67.6 cm³/mol. The minimum Gasteiger partial charge on any atom is -0.387 e. The lowest BCUT2D eigenvalue weighted by Gasteiger charge is -2.32. The molecule has 1 fully saturated rings. The van der Waals surface area contributed by atoms with Gasteiger partial charge in [-0.05, 0) is 12.8 Å². The van der Waals surface area contributed by atoms with E-state index in [9.17, 15) is 0 Å². The van der Waals surface area contributed by atoms with Gasteiger partial charge in [0, 0.05) is 31.4 Å². The number of nitrogens with zero attached hydrogens (tertiary/aromatic N) is 5. The average molecular weight is 245 g/mol. The summed E-state index contributed by atoms with van der Waals surface area (Å²) in [5.74, 6) is 1.19. The minimum absolute atomic E-state index is 0.115. The van der Waals surface area contributed by atoms with Gasteiger partial charge in [0.1, 0.15) is 6.33 Å². The Kier molecular flexibility index (Phi) is 2.58. The van der Waals surface area contributed by atoms with Crippen molar-refractivity contribution in [3.05, 3.63) is 18.7 Å². The van der Waals surface area contributed by atoms with Crippen LogP contribution in [0, 0.1) is 11.3 Å². The third kappa shape index (κ3) is 1.77. The number of anilines is 1. The first-order chi connectivity index (χ1) is 8.75. The molecule has 94 valence electrons. The summed E-state index contributed by atoms with van der Waals surface area (Å²) in [6, 6.07) is 0. The van der Waals surface area contributed by atoms with Crippen molar-refractivity contribution < 1.29 is 0 Å². The molecule has 0 aromatic carbocycles. The highest BCUT2D eigenvalue weighted by Gasteiger charge is 2.24. The van der Waals surface area contributed by atoms with Crippen molar-refractivity contribution in [3.63, 3.8) is 0 Å². The lowest BCUT2D eigenvalue weighted by atomic mass is 9.97. The van der Waals surface area contributed by atoms with Crippen molar-refractivity contribution in [1.29, 1.82) is 5.41 Å². The summed E-state index contributed by atoms with van der Waals surface area (Å²) in [6.07, 6.45) is 7.21. The standard InChI is InChI=1S/C11H15N7/c12-9(13)8-2-1-4-17(6-8)10-11-16-15-7-18(11)5-3-14-10/h3,5,7-8H,1-2,4,6H2,(H3,12,13). The molecule has 0 aliphatic carbocycles. The second kappa shape index (κ2) is 4.25. The highest BCUT2D eigenvalue weighted by molar-refractivity contribution is 5.80. The summed E-state index contributed by atoms with van der Waals surface area (Å²) >= 11 is 0. The van der Waals surface area contributed by atoms with Gasteiger partial charge in [0.05, 0.1) is 5.84 Å². The number of hydrogen-bond donors (Lipinski definition) is 2. The van der Waals surface area contributed by atoms with E-state index in [1.165, 1.54) is 0 Å². The highest BCUT2D eigenvalue weighted by Crippen LogP contribution is 2.23. The van der Waals surface area contributed by atoms with Crippen LogP contribution in [0.5, 0.6) is 0 Å². The summed E-state index contributed by atoms with van der Waals surface area (Å²) in [6.45, 7) is 1.65. The fourth-order valence-corrected chi connectivity index (χ4v) is 2.39. The Bertz CT molecular complexity index is 576. The van der Waals surface area contributed by atoms with Gasteiger partial charge in [-0.1, -0.05) is 0 Å². The van der Waals surface area contributed by atoms with Crippen LogP contribution in [-0.2, 0) is 0 Å². The number of nitrogens with one attached hydrogen (secondary N) is 1. The topological polar surface area (TPSA) is 96.2 Å². The smallest absolute Gasteiger partial charge is 0.203 e. The largest absolute Gasteiger partial charge is 0.387 e. The molecule has 1 atom stereocenters. The number of fused-ring (bicyclic) bond motifs is 1. The summed E-state index contributed by atoms with van der Waals surface area (Å²) in [7, 11) is 0. The molecule has 2 aromatic rings. The number of rotatable bonds is 2. The van der Waals surface area contributed by atoms with Crippen LogP contribution in [0.15, 0.2) is 18.7 Å². The van der Waals surface area contributed by atoms with Crippen molar-refractivity contribution in [2.24, 2.45) is 11.7 Å². The van der Waals surface area contributed by atoms with Gasteiger partial charge in [0.15, 0.2) is 5.82 Å². The summed E-state index contributed by atoms with van der Waals surface area (Å²) in [4.78, 5) is 6.53. The van der Waals surface area contributed by atoms with Gasteiger partial charge >= 0.3 is 0 Å². The Balaban J connectivity index is 1.94. The Morgan fingerprint density at radius 2 is 2.39 bits per heavy atom. The van der Waals surface area contributed by atoms with Crippen LogP contribution in [-0.4, -0.2) is 38.5 Å². The lowest BCUT2D eigenvalue weighted by molar-refractivity contribution is 0.500. The van der Waals surface area contributed by atoms with Gasteiger partial charge in [-0.15, -0.1) is 10.2 Å². The molecule has 18 heavy (non-hydrogen) atoms. The van der Waals surface area contributed by atoms with Crippen LogP contribution < -0.4 is 10.6 Å². The molecular formula is C11H15N7. The van der Waals surface area contributed by atoms with E-state index in [0.717, 1.165) is 37.4 Å². The maximum Gasteiger partial charge on any atom is 0.203 e. The zero-order chi connectivity index (χ0) is 12.5. The molecule has 1 aliphatic rings. The lowest BCUT2D eigenvalue weighted by Crippen LogP contribution is -2.41. The Morgan fingerprint density at radius 1 is 1.50 bits per heavy atom. The first-order valence-electron chi connectivity index (χ1n) is 5.99. The van der Waals surface area contributed by atoms with Gasteiger partial charge in [0.2, 0.25) is 5.65 Å². The van der Waals surface area contributed by atoms with Crippen molar-refractivity contribution in [3.8, 4) is 0 Å². The van der Waals surface area contributed by atoms with E-state index in [1.54, 1.807) is 12.5 Å². The maximum atomic E-state index is 7.57. The number of hydrogen-bond acceptors (Lipinski definition) is 5. The fraction of sp³-hybridized carbons (Fsp3) is 0.455. The number of piperidine rings is 1. The quantitative estimate of drug-likeness (QED) is 0.585. The van der Waals surface area contributed by atoms with Gasteiger partial charge in [-0.3, -0.25) is 9.81 Å². The molecule has 0 radical (unpaired) electrons. The number of amidine groups is 1. The van der Waals surface area contributed by atoms with E-state index in [2.05, 4.69) is 20.1 Å². The van der Waals surface area contributed by atoms with Crippen LogP contribution in [0.25, 0.3) is 5.65 Å². The molecule has 7 nitrogen and oxygen atoms in total. The molecule has 1 aliphatic heterocycles. The second-order valence-corrected chi connectivity index (χ2v) is 4.55. The van der Waals surface area contributed by atoms with Crippen molar-refractivity contribution in [2.75, 3.05) is 18.0 Å². The molecule has 0 saturated carbocycles. The molecule has 1 saturated heterocycles. The van der Waals surface area contributed by atoms with E-state index in [1.807, 2.05) is 10.6 Å². The molecular weight excluding hydrogens is 230 g/mol. The SMILES string of the molecule is N=C(N)C1CCCN(c2nccn3cnnc23)C1. The number of aromatic nitrogens is 4. The van der Waals surface area contributed by atoms with E-state index in [0.29, 0.717) is 0 Å². The van der Waals surface area contributed by atoms with E-state index in [4.69, 9.17) is 11.1 Å². The van der Waals surface area contributed by atoms with E-state index < -0.39 is 0 Å². The van der Waals surface area contributed by atoms with Crippen LogP contribution in [0.4, 0.5) is 5.82 Å². The zero-order valence-electron chi connectivity index (χ0n) is 9.95. The molecule has 0 spiro atoms. The Labute approximate surface area is 104 Å². The molecule has 3 N–H and O–H groups in total. The van der Waals surface area contributed by atoms with Crippen LogP contribution in [0.3, 0.4) is 0 Å². The highest BCUT2D eigenvalue weighted by atomic mass is 15.3. The first kappa shape index (κ1) is 10.9. The summed E-state index contributed by atoms with van der Waals surface area (Å²) in [5, 5.41) is 15.5. The van der Waals surface area contributed by atoms with E-state index in [-0.39, 0.29) is 11.8 Å². The molecule has 3 heterocycles. The zero-order valence-corrected chi connectivity index (χ0v) is 9.95. The second-order valence-electron chi connectivity index (χ2n) is 4.55. The average Bonchev–Trinajstić information content (AvgIpc) is 2.87. The fourth-order valence-electron chi connectivity index (χ4n) is 2.39. The summed E-state index contributed by atoms with van der Waals surface area (Å²) in [5.41, 5.74) is 6.35. The van der Waals surface area contributed by atoms with Gasteiger partial charge < -0.3 is 10.6 Å². The molecule has 0 amide bonds. The first-order valence-corrected chi connectivity index (χ1v) is 5.99. The third-order valence-electron chi connectivity index (χ3n) is 3.36. The Morgan fingerprint density at radius 3 is 3.22 bits per heavy atom. The minimum atomic E-state index is 0.115. The van der Waals surface area contributed by atoms with E-state index >= 15 is 0 Å². The van der Waals surface area contributed by atoms with Crippen LogP contribution in [0.1, 0.15) is 12.8 Å². The van der Waals surface area contributed by atoms with Gasteiger partial charge in [0.25, 0.3) is 0 Å². The number of nitrogens with two attached hydrogens (primary N) is 1. The van der Waals surface area contributed by atoms with Crippen LogP contribution in [0.2, 0.25) is 0 Å². The Hall–Kier alpha value is -2.18. The normalized spacial score (nSPS) is 20.2. The third-order valence-corrected chi connectivity index (χ3v) is 3.36. The maximum absolute atomic E-state index is 7.57. The molecule has 2 aromatic heterocycles. The summed E-state index contributed by atoms with van der Waals surface area (Å²) < 4.78 is 1.85. The monoisotopic (exact) mass is 245 g/mol. The van der Waals surface area contributed by atoms with Crippen molar-refractivity contribution in [1.82, 2.24) is 19.6 Å². The van der Waals surface area contributed by atoms with Gasteiger partial charge in [-0.25, -0.2) is 4.98 Å². The molecule has 1 unspecified atom stereocenters.